The van der Waals surface area contributed by atoms with E-state index in [1.165, 1.54) is 12.8 Å². The van der Waals surface area contributed by atoms with Crippen molar-refractivity contribution in [3.63, 3.8) is 0 Å². The normalized spacial score (nSPS) is 14.7. The monoisotopic (exact) mass is 230 g/mol. The van der Waals surface area contributed by atoms with E-state index in [-0.39, 0.29) is 0 Å². The molecule has 0 aliphatic heterocycles. The van der Waals surface area contributed by atoms with Crippen LogP contribution in [0.4, 0.5) is 5.82 Å². The summed E-state index contributed by atoms with van der Waals surface area (Å²) in [7, 11) is 0. The molecule has 1 fully saturated rings. The fourth-order valence-electron chi connectivity index (χ4n) is 1.88. The van der Waals surface area contributed by atoms with Crippen molar-refractivity contribution in [2.45, 2.75) is 45.1 Å². The molecule has 17 heavy (non-hydrogen) atoms. The van der Waals surface area contributed by atoms with Gasteiger partial charge in [0, 0.05) is 24.3 Å². The Kier molecular flexibility index (Phi) is 3.58. The Morgan fingerprint density at radius 3 is 2.82 bits per heavy atom. The summed E-state index contributed by atoms with van der Waals surface area (Å²) in [6.07, 6.45) is 4.61. The maximum Gasteiger partial charge on any atom is 0.132 e. The highest BCUT2D eigenvalue weighted by molar-refractivity contribution is 5.42. The van der Waals surface area contributed by atoms with Gasteiger partial charge in [-0.05, 0) is 18.8 Å². The highest BCUT2D eigenvalue weighted by Crippen LogP contribution is 2.31. The van der Waals surface area contributed by atoms with Gasteiger partial charge in [0.05, 0.1) is 12.5 Å². The standard InChI is InChI=1S/C13H18N4/c1-10(2)12-8-13(16-9-15-12)17(7-3-6-14)11-4-5-11/h8-11H,3-5,7H2,1-2H3. The first-order valence-corrected chi connectivity index (χ1v) is 6.18. The van der Waals surface area contributed by atoms with E-state index in [9.17, 15) is 0 Å². The van der Waals surface area contributed by atoms with Crippen LogP contribution in [0.2, 0.25) is 0 Å². The molecule has 0 saturated heterocycles. The molecule has 1 saturated carbocycles. The number of anilines is 1. The fourth-order valence-corrected chi connectivity index (χ4v) is 1.88. The molecule has 0 atom stereocenters. The van der Waals surface area contributed by atoms with E-state index in [1.807, 2.05) is 0 Å². The Hall–Kier alpha value is -1.63. The lowest BCUT2D eigenvalue weighted by atomic mass is 10.1. The van der Waals surface area contributed by atoms with Crippen molar-refractivity contribution in [3.8, 4) is 6.07 Å². The molecular weight excluding hydrogens is 212 g/mol. The molecule has 0 aromatic carbocycles. The van der Waals surface area contributed by atoms with E-state index in [4.69, 9.17) is 5.26 Å². The molecular formula is C13H18N4. The van der Waals surface area contributed by atoms with E-state index in [1.54, 1.807) is 6.33 Å². The summed E-state index contributed by atoms with van der Waals surface area (Å²) in [6.45, 7) is 5.03. The van der Waals surface area contributed by atoms with E-state index in [2.05, 4.69) is 40.9 Å². The van der Waals surface area contributed by atoms with Crippen LogP contribution in [0.1, 0.15) is 44.7 Å². The largest absolute Gasteiger partial charge is 0.352 e. The summed E-state index contributed by atoms with van der Waals surface area (Å²) >= 11 is 0. The minimum absolute atomic E-state index is 0.411. The van der Waals surface area contributed by atoms with Crippen molar-refractivity contribution in [1.82, 2.24) is 9.97 Å². The number of nitrogens with zero attached hydrogens (tertiary/aromatic N) is 4. The fraction of sp³-hybridized carbons (Fsp3) is 0.615. The van der Waals surface area contributed by atoms with Gasteiger partial charge in [-0.25, -0.2) is 9.97 Å². The van der Waals surface area contributed by atoms with Crippen LogP contribution < -0.4 is 4.90 Å². The van der Waals surface area contributed by atoms with Gasteiger partial charge in [-0.15, -0.1) is 0 Å². The van der Waals surface area contributed by atoms with Crippen molar-refractivity contribution < 1.29 is 0 Å². The molecule has 0 amide bonds. The third kappa shape index (κ3) is 2.94. The van der Waals surface area contributed by atoms with E-state index >= 15 is 0 Å². The summed E-state index contributed by atoms with van der Waals surface area (Å²) in [6, 6.07) is 4.84. The van der Waals surface area contributed by atoms with Crippen molar-refractivity contribution in [1.29, 1.82) is 5.26 Å². The number of aromatic nitrogens is 2. The molecule has 0 spiro atoms. The van der Waals surface area contributed by atoms with Gasteiger partial charge in [-0.2, -0.15) is 5.26 Å². The van der Waals surface area contributed by atoms with Crippen LogP contribution in [0.5, 0.6) is 0 Å². The zero-order valence-electron chi connectivity index (χ0n) is 10.4. The second-order valence-corrected chi connectivity index (χ2v) is 4.79. The number of rotatable bonds is 5. The van der Waals surface area contributed by atoms with Crippen LogP contribution in [0.25, 0.3) is 0 Å². The highest BCUT2D eigenvalue weighted by atomic mass is 15.2. The lowest BCUT2D eigenvalue weighted by Gasteiger charge is -2.22. The summed E-state index contributed by atoms with van der Waals surface area (Å²) in [5, 5.41) is 8.70. The Bertz CT molecular complexity index is 418. The van der Waals surface area contributed by atoms with Gasteiger partial charge >= 0.3 is 0 Å². The van der Waals surface area contributed by atoms with Crippen LogP contribution in [0, 0.1) is 11.3 Å². The zero-order valence-corrected chi connectivity index (χ0v) is 10.4. The molecule has 90 valence electrons. The van der Waals surface area contributed by atoms with E-state index < -0.39 is 0 Å². The van der Waals surface area contributed by atoms with Gasteiger partial charge < -0.3 is 4.90 Å². The molecule has 0 unspecified atom stereocenters. The van der Waals surface area contributed by atoms with Gasteiger partial charge in [0.15, 0.2) is 0 Å². The van der Waals surface area contributed by atoms with Crippen LogP contribution in [-0.2, 0) is 0 Å². The van der Waals surface area contributed by atoms with Crippen molar-refractivity contribution in [2.24, 2.45) is 0 Å². The molecule has 0 N–H and O–H groups in total. The first kappa shape index (κ1) is 11.8. The summed E-state index contributed by atoms with van der Waals surface area (Å²) in [4.78, 5) is 10.9. The highest BCUT2D eigenvalue weighted by Gasteiger charge is 2.29. The Labute approximate surface area is 102 Å². The molecule has 4 heteroatoms. The third-order valence-electron chi connectivity index (χ3n) is 3.01. The molecule has 1 aliphatic rings. The average molecular weight is 230 g/mol. The molecule has 1 heterocycles. The number of nitriles is 1. The second kappa shape index (κ2) is 5.13. The first-order valence-electron chi connectivity index (χ1n) is 6.18. The third-order valence-corrected chi connectivity index (χ3v) is 3.01. The summed E-state index contributed by atoms with van der Waals surface area (Å²) < 4.78 is 0. The van der Waals surface area contributed by atoms with Crippen LogP contribution in [0.3, 0.4) is 0 Å². The lowest BCUT2D eigenvalue weighted by Crippen LogP contribution is -2.27. The number of hydrogen-bond donors (Lipinski definition) is 0. The van der Waals surface area contributed by atoms with Crippen LogP contribution in [0.15, 0.2) is 12.4 Å². The van der Waals surface area contributed by atoms with Crippen molar-refractivity contribution in [2.75, 3.05) is 11.4 Å². The molecule has 2 rings (SSSR count). The first-order chi connectivity index (χ1) is 8.22. The molecule has 1 aliphatic carbocycles. The molecule has 1 aromatic heterocycles. The van der Waals surface area contributed by atoms with Gasteiger partial charge in [-0.1, -0.05) is 13.8 Å². The van der Waals surface area contributed by atoms with Crippen LogP contribution >= 0.6 is 0 Å². The van der Waals surface area contributed by atoms with Gasteiger partial charge in [0.2, 0.25) is 0 Å². The van der Waals surface area contributed by atoms with Crippen molar-refractivity contribution in [3.05, 3.63) is 18.1 Å². The Balaban J connectivity index is 2.17. The SMILES string of the molecule is CC(C)c1cc(N(CCC#N)C2CC2)ncn1. The summed E-state index contributed by atoms with van der Waals surface area (Å²) in [5.74, 6) is 1.38. The molecule has 1 aromatic rings. The van der Waals surface area contributed by atoms with Gasteiger partial charge in [0.1, 0.15) is 12.1 Å². The predicted octanol–water partition coefficient (Wildman–Crippen LogP) is 2.48. The maximum atomic E-state index is 8.70. The minimum atomic E-state index is 0.411. The van der Waals surface area contributed by atoms with E-state index in [0.717, 1.165) is 18.1 Å². The zero-order chi connectivity index (χ0) is 12.3. The maximum absolute atomic E-state index is 8.70. The Morgan fingerprint density at radius 1 is 1.47 bits per heavy atom. The minimum Gasteiger partial charge on any atom is -0.352 e. The van der Waals surface area contributed by atoms with Gasteiger partial charge in [0.25, 0.3) is 0 Å². The van der Waals surface area contributed by atoms with Gasteiger partial charge in [-0.3, -0.25) is 0 Å². The Morgan fingerprint density at radius 2 is 2.24 bits per heavy atom. The quantitative estimate of drug-likeness (QED) is 0.779. The predicted molar refractivity (Wildman–Crippen MR) is 66.7 cm³/mol. The summed E-state index contributed by atoms with van der Waals surface area (Å²) in [5.41, 5.74) is 1.07. The number of hydrogen-bond acceptors (Lipinski definition) is 4. The second-order valence-electron chi connectivity index (χ2n) is 4.79. The molecule has 4 nitrogen and oxygen atoms in total. The average Bonchev–Trinajstić information content (AvgIpc) is 3.14. The van der Waals surface area contributed by atoms with Crippen LogP contribution in [-0.4, -0.2) is 22.6 Å². The van der Waals surface area contributed by atoms with Crippen molar-refractivity contribution >= 4 is 5.82 Å². The topological polar surface area (TPSA) is 52.8 Å². The van der Waals surface area contributed by atoms with E-state index in [0.29, 0.717) is 18.4 Å². The molecule has 0 radical (unpaired) electrons. The lowest BCUT2D eigenvalue weighted by molar-refractivity contribution is 0.759. The molecule has 0 bridgehead atoms. The smallest absolute Gasteiger partial charge is 0.132 e.